The molecule has 5 nitrogen and oxygen atoms in total. The number of nitro groups is 1. The van der Waals surface area contributed by atoms with E-state index in [9.17, 15) is 14.7 Å². The zero-order valence-electron chi connectivity index (χ0n) is 10.1. The van der Waals surface area contributed by atoms with Crippen LogP contribution in [0.3, 0.4) is 0 Å². The van der Waals surface area contributed by atoms with Crippen molar-refractivity contribution in [3.63, 3.8) is 0 Å². The maximum atomic E-state index is 12.0. The van der Waals surface area contributed by atoms with Crippen LogP contribution in [0, 0.1) is 23.0 Å². The highest BCUT2D eigenvalue weighted by atomic mass is 32.2. The number of benzene rings is 1. The number of nitrogens with two attached hydrogens (primary N) is 1. The van der Waals surface area contributed by atoms with Crippen molar-refractivity contribution in [1.82, 2.24) is 0 Å². The molecular weight excluding hydrogens is 240 g/mol. The first-order chi connectivity index (χ1) is 7.84. The Labute approximate surface area is 103 Å². The lowest BCUT2D eigenvalue weighted by atomic mass is 10.2. The Morgan fingerprint density at radius 3 is 2.53 bits per heavy atom. The molecule has 0 saturated carbocycles. The Bertz CT molecular complexity index is 435. The molecule has 0 amide bonds. The van der Waals surface area contributed by atoms with Gasteiger partial charge in [-0.15, -0.1) is 0 Å². The van der Waals surface area contributed by atoms with Crippen molar-refractivity contribution in [2.75, 3.05) is 11.5 Å². The van der Waals surface area contributed by atoms with Crippen molar-refractivity contribution < 1.29 is 9.48 Å². The van der Waals surface area contributed by atoms with Gasteiger partial charge in [-0.3, -0.25) is 10.1 Å². The molecule has 0 spiro atoms. The summed E-state index contributed by atoms with van der Waals surface area (Å²) in [4.78, 5) is 10.6. The van der Waals surface area contributed by atoms with E-state index in [4.69, 9.17) is 5.73 Å². The third-order valence-corrected chi connectivity index (χ3v) is 4.10. The summed E-state index contributed by atoms with van der Waals surface area (Å²) in [6.45, 7) is 5.53. The normalized spacial score (nSPS) is 12.8. The zero-order valence-corrected chi connectivity index (χ0v) is 10.9. The number of aryl methyl sites for hydroxylation is 1. The molecule has 0 bridgehead atoms. The van der Waals surface area contributed by atoms with E-state index >= 15 is 0 Å². The summed E-state index contributed by atoms with van der Waals surface area (Å²) in [5.41, 5.74) is 6.19. The third kappa shape index (κ3) is 3.10. The maximum Gasteiger partial charge on any atom is 0.346 e. The summed E-state index contributed by atoms with van der Waals surface area (Å²) >= 11 is -1.39. The first-order valence-corrected chi connectivity index (χ1v) is 6.58. The van der Waals surface area contributed by atoms with E-state index in [2.05, 4.69) is 0 Å². The van der Waals surface area contributed by atoms with Crippen LogP contribution in [0.4, 0.5) is 11.4 Å². The predicted molar refractivity (Wildman–Crippen MR) is 68.4 cm³/mol. The van der Waals surface area contributed by atoms with Crippen LogP contribution in [0.25, 0.3) is 0 Å². The molecule has 1 atom stereocenters. The van der Waals surface area contributed by atoms with Gasteiger partial charge in [0.25, 0.3) is 0 Å². The fourth-order valence-electron chi connectivity index (χ4n) is 1.45. The van der Waals surface area contributed by atoms with Crippen LogP contribution in [0.2, 0.25) is 0 Å². The first-order valence-electron chi connectivity index (χ1n) is 5.26. The van der Waals surface area contributed by atoms with Crippen LogP contribution in [-0.4, -0.2) is 15.2 Å². The van der Waals surface area contributed by atoms with Gasteiger partial charge in [-0.1, -0.05) is 19.9 Å². The topological polar surface area (TPSA) is 92.2 Å². The van der Waals surface area contributed by atoms with Gasteiger partial charge in [-0.25, -0.2) is 0 Å². The highest BCUT2D eigenvalue weighted by Gasteiger charge is 2.28. The molecule has 1 rings (SSSR count). The zero-order chi connectivity index (χ0) is 13.2. The molecule has 0 aliphatic carbocycles. The molecule has 0 aliphatic heterocycles. The Hall–Kier alpha value is -1.27. The van der Waals surface area contributed by atoms with Crippen LogP contribution in [-0.2, 0) is 11.2 Å². The third-order valence-electron chi connectivity index (χ3n) is 2.31. The average Bonchev–Trinajstić information content (AvgIpc) is 2.19. The Morgan fingerprint density at radius 1 is 1.47 bits per heavy atom. The van der Waals surface area contributed by atoms with Gasteiger partial charge in [0.1, 0.15) is 11.4 Å². The Morgan fingerprint density at radius 2 is 2.06 bits per heavy atom. The van der Waals surface area contributed by atoms with Crippen molar-refractivity contribution in [3.05, 3.63) is 27.8 Å². The van der Waals surface area contributed by atoms with E-state index in [0.29, 0.717) is 11.3 Å². The molecule has 1 unspecified atom stereocenters. The van der Waals surface area contributed by atoms with E-state index in [1.807, 2.05) is 13.8 Å². The van der Waals surface area contributed by atoms with Crippen LogP contribution < -0.4 is 5.73 Å². The minimum atomic E-state index is -1.39. The SMILES string of the molecule is Cc1ccc([S+]([O-])CC(C)C)c([N+](=O)[O-])c1N. The molecule has 2 N–H and O–H groups in total. The number of nitro benzene ring substituents is 1. The second-order valence-electron chi connectivity index (χ2n) is 4.31. The van der Waals surface area contributed by atoms with Crippen molar-refractivity contribution in [2.45, 2.75) is 25.7 Å². The van der Waals surface area contributed by atoms with Crippen LogP contribution in [0.1, 0.15) is 19.4 Å². The fourth-order valence-corrected chi connectivity index (χ4v) is 2.86. The number of hydrogen-bond donors (Lipinski definition) is 1. The minimum Gasteiger partial charge on any atom is -0.611 e. The highest BCUT2D eigenvalue weighted by molar-refractivity contribution is 7.91. The lowest BCUT2D eigenvalue weighted by Gasteiger charge is -2.13. The summed E-state index contributed by atoms with van der Waals surface area (Å²) in [5.74, 6) is 0.599. The van der Waals surface area contributed by atoms with Gasteiger partial charge in [0.15, 0.2) is 0 Å². The number of rotatable bonds is 4. The molecule has 94 valence electrons. The van der Waals surface area contributed by atoms with E-state index in [0.717, 1.165) is 0 Å². The maximum absolute atomic E-state index is 12.0. The van der Waals surface area contributed by atoms with E-state index in [1.54, 1.807) is 13.0 Å². The molecule has 1 aromatic carbocycles. The number of nitrogen functional groups attached to an aromatic ring is 1. The van der Waals surface area contributed by atoms with E-state index in [1.165, 1.54) is 6.07 Å². The quantitative estimate of drug-likeness (QED) is 0.387. The van der Waals surface area contributed by atoms with Crippen LogP contribution in [0.5, 0.6) is 0 Å². The van der Waals surface area contributed by atoms with Gasteiger partial charge in [-0.05, 0) is 29.6 Å². The number of anilines is 1. The number of nitrogens with zero attached hydrogens (tertiary/aromatic N) is 1. The van der Waals surface area contributed by atoms with E-state index in [-0.39, 0.29) is 22.2 Å². The smallest absolute Gasteiger partial charge is 0.346 e. The van der Waals surface area contributed by atoms with Gasteiger partial charge in [0.05, 0.1) is 4.92 Å². The van der Waals surface area contributed by atoms with Gasteiger partial charge in [-0.2, -0.15) is 0 Å². The second kappa shape index (κ2) is 5.37. The molecule has 0 radical (unpaired) electrons. The molecule has 0 aliphatic rings. The molecule has 1 aromatic rings. The molecule has 0 heterocycles. The van der Waals surface area contributed by atoms with Crippen molar-refractivity contribution in [3.8, 4) is 0 Å². The van der Waals surface area contributed by atoms with Crippen molar-refractivity contribution in [1.29, 1.82) is 0 Å². The molecule has 0 fully saturated rings. The fraction of sp³-hybridized carbons (Fsp3) is 0.455. The lowest BCUT2D eigenvalue weighted by molar-refractivity contribution is -0.386. The van der Waals surface area contributed by atoms with Crippen LogP contribution in [0.15, 0.2) is 17.0 Å². The standard InChI is InChI=1S/C11H16N2O3S/c1-7(2)6-17(16)9-5-4-8(3)10(12)11(9)13(14)15/h4-5,7H,6,12H2,1-3H3. The largest absolute Gasteiger partial charge is 0.611 e. The van der Waals surface area contributed by atoms with Gasteiger partial charge in [0, 0.05) is 6.07 Å². The van der Waals surface area contributed by atoms with Crippen molar-refractivity contribution in [2.24, 2.45) is 5.92 Å². The Balaban J connectivity index is 3.24. The average molecular weight is 256 g/mol. The highest BCUT2D eigenvalue weighted by Crippen LogP contribution is 2.33. The summed E-state index contributed by atoms with van der Waals surface area (Å²) in [6.07, 6.45) is 0. The van der Waals surface area contributed by atoms with Gasteiger partial charge < -0.3 is 10.3 Å². The van der Waals surface area contributed by atoms with Crippen LogP contribution >= 0.6 is 0 Å². The van der Waals surface area contributed by atoms with E-state index < -0.39 is 16.1 Å². The van der Waals surface area contributed by atoms with Crippen molar-refractivity contribution >= 4 is 22.6 Å². The lowest BCUT2D eigenvalue weighted by Crippen LogP contribution is -2.14. The second-order valence-corrected chi connectivity index (χ2v) is 5.77. The number of hydrogen-bond acceptors (Lipinski definition) is 4. The summed E-state index contributed by atoms with van der Waals surface area (Å²) in [5, 5.41) is 11.0. The Kier molecular flexibility index (Phi) is 4.36. The molecule has 0 aromatic heterocycles. The minimum absolute atomic E-state index is 0.101. The summed E-state index contributed by atoms with van der Waals surface area (Å²) in [6, 6.07) is 3.19. The summed E-state index contributed by atoms with van der Waals surface area (Å²) in [7, 11) is 0. The molecule has 0 saturated heterocycles. The summed E-state index contributed by atoms with van der Waals surface area (Å²) < 4.78 is 12.0. The predicted octanol–water partition coefficient (Wildman–Crippen LogP) is 2.25. The monoisotopic (exact) mass is 256 g/mol. The molecule has 6 heteroatoms. The van der Waals surface area contributed by atoms with Gasteiger partial charge in [0.2, 0.25) is 4.90 Å². The molecule has 17 heavy (non-hydrogen) atoms. The van der Waals surface area contributed by atoms with Gasteiger partial charge >= 0.3 is 5.69 Å². The first kappa shape index (κ1) is 13.8. The molecular formula is C11H16N2O3S.